The molecule has 0 aromatic heterocycles. The summed E-state index contributed by atoms with van der Waals surface area (Å²) < 4.78 is 0. The minimum Gasteiger partial charge on any atom is -0.391 e. The van der Waals surface area contributed by atoms with E-state index in [9.17, 15) is 0 Å². The van der Waals surface area contributed by atoms with Gasteiger partial charge >= 0.3 is 0 Å². The molecule has 74 valence electrons. The summed E-state index contributed by atoms with van der Waals surface area (Å²) in [7, 11) is 0. The van der Waals surface area contributed by atoms with Gasteiger partial charge in [0.2, 0.25) is 0 Å². The lowest BCUT2D eigenvalue weighted by molar-refractivity contribution is 0.0917. The van der Waals surface area contributed by atoms with Gasteiger partial charge in [0.15, 0.2) is 0 Å². The predicted octanol–water partition coefficient (Wildman–Crippen LogP) is 1.67. The van der Waals surface area contributed by atoms with Crippen LogP contribution in [0.2, 0.25) is 0 Å². The second kappa shape index (κ2) is 4.09. The third-order valence-corrected chi connectivity index (χ3v) is 3.10. The molecule has 3 heteroatoms. The Morgan fingerprint density at radius 3 is 2.69 bits per heavy atom. The quantitative estimate of drug-likeness (QED) is 0.706. The maximum atomic E-state index is 5.53. The maximum Gasteiger partial charge on any atom is 0.145 e. The molecule has 1 unspecified atom stereocenters. The number of hydrogen-bond acceptors (Lipinski definition) is 3. The van der Waals surface area contributed by atoms with E-state index < -0.39 is 0 Å². The van der Waals surface area contributed by atoms with Crippen molar-refractivity contribution in [2.75, 3.05) is 6.54 Å². The average molecular weight is 182 g/mol. The van der Waals surface area contributed by atoms with Crippen LogP contribution >= 0.6 is 0 Å². The summed E-state index contributed by atoms with van der Waals surface area (Å²) in [5, 5.41) is 4.15. The van der Waals surface area contributed by atoms with Crippen molar-refractivity contribution in [2.45, 2.75) is 44.6 Å². The van der Waals surface area contributed by atoms with E-state index in [0.29, 0.717) is 12.5 Å². The smallest absolute Gasteiger partial charge is 0.145 e. The van der Waals surface area contributed by atoms with E-state index in [1.54, 1.807) is 0 Å². The van der Waals surface area contributed by atoms with Gasteiger partial charge in [-0.3, -0.25) is 0 Å². The molecule has 1 heterocycles. The molecule has 1 aliphatic heterocycles. The molecule has 2 aliphatic rings. The third-order valence-electron chi connectivity index (χ3n) is 3.10. The molecule has 0 amide bonds. The molecule has 0 spiro atoms. The van der Waals surface area contributed by atoms with Crippen molar-refractivity contribution in [3.8, 4) is 0 Å². The van der Waals surface area contributed by atoms with Gasteiger partial charge in [-0.15, -0.1) is 0 Å². The van der Waals surface area contributed by atoms with Gasteiger partial charge in [0, 0.05) is 18.9 Å². The molecule has 13 heavy (non-hydrogen) atoms. The normalized spacial score (nSPS) is 29.9. The molecular formula is C10H18N2O. The fourth-order valence-electron chi connectivity index (χ4n) is 2.25. The van der Waals surface area contributed by atoms with Gasteiger partial charge in [-0.2, -0.15) is 0 Å². The van der Waals surface area contributed by atoms with Crippen molar-refractivity contribution in [3.05, 3.63) is 0 Å². The minimum absolute atomic E-state index is 0.164. The summed E-state index contributed by atoms with van der Waals surface area (Å²) in [6.45, 7) is 0.597. The Balaban J connectivity index is 1.87. The van der Waals surface area contributed by atoms with Crippen molar-refractivity contribution in [1.82, 2.24) is 0 Å². The zero-order valence-corrected chi connectivity index (χ0v) is 8.04. The fraction of sp³-hybridized carbons (Fsp3) is 0.900. The first kappa shape index (κ1) is 9.00. The van der Waals surface area contributed by atoms with Crippen LogP contribution in [-0.4, -0.2) is 18.4 Å². The standard InChI is InChI=1S/C10H18N2O/c11-7-9-6-10(12-13-9)8-4-2-1-3-5-8/h8-9H,1-7,11H2. The van der Waals surface area contributed by atoms with Crippen LogP contribution in [0.5, 0.6) is 0 Å². The van der Waals surface area contributed by atoms with E-state index in [0.717, 1.165) is 6.42 Å². The lowest BCUT2D eigenvalue weighted by atomic mass is 9.84. The summed E-state index contributed by atoms with van der Waals surface area (Å²) >= 11 is 0. The van der Waals surface area contributed by atoms with Gasteiger partial charge in [0.1, 0.15) is 6.10 Å². The van der Waals surface area contributed by atoms with Crippen LogP contribution in [0.15, 0.2) is 5.16 Å². The summed E-state index contributed by atoms with van der Waals surface area (Å²) in [5.74, 6) is 0.699. The first-order chi connectivity index (χ1) is 6.40. The molecule has 1 aliphatic carbocycles. The Kier molecular flexibility index (Phi) is 2.83. The van der Waals surface area contributed by atoms with Crippen LogP contribution in [0.25, 0.3) is 0 Å². The molecule has 1 atom stereocenters. The molecule has 2 N–H and O–H groups in total. The SMILES string of the molecule is NCC1CC(C2CCCCC2)=NO1. The maximum absolute atomic E-state index is 5.53. The summed E-state index contributed by atoms with van der Waals surface area (Å²) in [5.41, 5.74) is 6.80. The Bertz CT molecular complexity index is 197. The van der Waals surface area contributed by atoms with Crippen LogP contribution in [0, 0.1) is 5.92 Å². The number of nitrogens with zero attached hydrogens (tertiary/aromatic N) is 1. The highest BCUT2D eigenvalue weighted by atomic mass is 16.6. The van der Waals surface area contributed by atoms with Crippen molar-refractivity contribution in [3.63, 3.8) is 0 Å². The van der Waals surface area contributed by atoms with Gasteiger partial charge in [-0.25, -0.2) is 0 Å². The molecular weight excluding hydrogens is 164 g/mol. The van der Waals surface area contributed by atoms with Gasteiger partial charge in [0.05, 0.1) is 5.71 Å². The van der Waals surface area contributed by atoms with Gasteiger partial charge < -0.3 is 10.6 Å². The molecule has 0 saturated heterocycles. The summed E-state index contributed by atoms with van der Waals surface area (Å²) in [6.07, 6.45) is 7.86. The van der Waals surface area contributed by atoms with Crippen molar-refractivity contribution < 1.29 is 4.84 Å². The Hall–Kier alpha value is -0.570. The molecule has 0 radical (unpaired) electrons. The molecule has 0 bridgehead atoms. The van der Waals surface area contributed by atoms with Crippen molar-refractivity contribution in [2.24, 2.45) is 16.8 Å². The third kappa shape index (κ3) is 2.02. The van der Waals surface area contributed by atoms with Crippen LogP contribution in [0.4, 0.5) is 0 Å². The summed E-state index contributed by atoms with van der Waals surface area (Å²) in [4.78, 5) is 5.23. The number of rotatable bonds is 2. The van der Waals surface area contributed by atoms with Gasteiger partial charge in [-0.05, 0) is 12.8 Å². The van der Waals surface area contributed by atoms with Crippen LogP contribution in [-0.2, 0) is 4.84 Å². The number of nitrogens with two attached hydrogens (primary N) is 1. The highest BCUT2D eigenvalue weighted by Crippen LogP contribution is 2.28. The Morgan fingerprint density at radius 2 is 2.08 bits per heavy atom. The average Bonchev–Trinajstić information content (AvgIpc) is 2.67. The van der Waals surface area contributed by atoms with Crippen LogP contribution in [0.1, 0.15) is 38.5 Å². The highest BCUT2D eigenvalue weighted by molar-refractivity contribution is 5.87. The number of oxime groups is 1. The van der Waals surface area contributed by atoms with E-state index in [2.05, 4.69) is 5.16 Å². The fourth-order valence-corrected chi connectivity index (χ4v) is 2.25. The van der Waals surface area contributed by atoms with Gasteiger partial charge in [0.25, 0.3) is 0 Å². The monoisotopic (exact) mass is 182 g/mol. The van der Waals surface area contributed by atoms with Crippen LogP contribution in [0.3, 0.4) is 0 Å². The van der Waals surface area contributed by atoms with E-state index in [4.69, 9.17) is 10.6 Å². The lowest BCUT2D eigenvalue weighted by Crippen LogP contribution is -2.23. The molecule has 2 rings (SSSR count). The molecule has 1 fully saturated rings. The zero-order chi connectivity index (χ0) is 9.10. The van der Waals surface area contributed by atoms with Crippen molar-refractivity contribution in [1.29, 1.82) is 0 Å². The second-order valence-electron chi connectivity index (χ2n) is 4.08. The molecule has 0 aromatic carbocycles. The predicted molar refractivity (Wildman–Crippen MR) is 52.6 cm³/mol. The second-order valence-corrected chi connectivity index (χ2v) is 4.08. The van der Waals surface area contributed by atoms with Gasteiger partial charge in [-0.1, -0.05) is 24.4 Å². The minimum atomic E-state index is 0.164. The van der Waals surface area contributed by atoms with Crippen LogP contribution < -0.4 is 5.73 Å². The van der Waals surface area contributed by atoms with E-state index in [1.807, 2.05) is 0 Å². The Labute approximate surface area is 79.3 Å². The lowest BCUT2D eigenvalue weighted by Gasteiger charge is -2.20. The van der Waals surface area contributed by atoms with E-state index >= 15 is 0 Å². The Morgan fingerprint density at radius 1 is 1.31 bits per heavy atom. The molecule has 1 saturated carbocycles. The topological polar surface area (TPSA) is 47.6 Å². The molecule has 3 nitrogen and oxygen atoms in total. The highest BCUT2D eigenvalue weighted by Gasteiger charge is 2.27. The zero-order valence-electron chi connectivity index (χ0n) is 8.04. The number of hydrogen-bond donors (Lipinski definition) is 1. The van der Waals surface area contributed by atoms with Crippen molar-refractivity contribution >= 4 is 5.71 Å². The van der Waals surface area contributed by atoms with E-state index in [1.165, 1.54) is 37.8 Å². The largest absolute Gasteiger partial charge is 0.391 e. The first-order valence-corrected chi connectivity index (χ1v) is 5.33. The first-order valence-electron chi connectivity index (χ1n) is 5.33. The van der Waals surface area contributed by atoms with E-state index in [-0.39, 0.29) is 6.10 Å². The summed E-state index contributed by atoms with van der Waals surface area (Å²) in [6, 6.07) is 0. The molecule has 0 aromatic rings.